The van der Waals surface area contributed by atoms with Crippen LogP contribution in [0.1, 0.15) is 48.0 Å². The highest BCUT2D eigenvalue weighted by Gasteiger charge is 2.26. The zero-order chi connectivity index (χ0) is 22.6. The van der Waals surface area contributed by atoms with E-state index in [2.05, 4.69) is 9.80 Å². The largest absolute Gasteiger partial charge is 0.478 e. The van der Waals surface area contributed by atoms with Gasteiger partial charge in [-0.25, -0.2) is 9.78 Å². The first-order chi connectivity index (χ1) is 16.2. The van der Waals surface area contributed by atoms with Gasteiger partial charge in [-0.05, 0) is 24.8 Å². The van der Waals surface area contributed by atoms with Gasteiger partial charge in [0.2, 0.25) is 0 Å². The molecule has 2 aromatic carbocycles. The Kier molecular flexibility index (Phi) is 6.70. The smallest absolute Gasteiger partial charge is 0.336 e. The summed E-state index contributed by atoms with van der Waals surface area (Å²) in [6, 6.07) is 17.6. The van der Waals surface area contributed by atoms with E-state index in [-0.39, 0.29) is 0 Å². The number of hydrogen-bond acceptors (Lipinski definition) is 4. The number of rotatable bonds is 6. The lowest BCUT2D eigenvalue weighted by Gasteiger charge is -2.37. The lowest BCUT2D eigenvalue weighted by Crippen LogP contribution is -2.47. The van der Waals surface area contributed by atoms with Crippen molar-refractivity contribution in [2.45, 2.75) is 38.6 Å². The van der Waals surface area contributed by atoms with Gasteiger partial charge in [-0.1, -0.05) is 67.8 Å². The van der Waals surface area contributed by atoms with Gasteiger partial charge in [0, 0.05) is 55.8 Å². The first-order valence-electron chi connectivity index (χ1n) is 12.3. The fourth-order valence-corrected chi connectivity index (χ4v) is 5.57. The van der Waals surface area contributed by atoms with E-state index < -0.39 is 5.97 Å². The third kappa shape index (κ3) is 4.94. The topological polar surface area (TPSA) is 56.7 Å². The molecule has 0 radical (unpaired) electrons. The summed E-state index contributed by atoms with van der Waals surface area (Å²) >= 11 is 0. The average molecular weight is 444 g/mol. The molecule has 0 amide bonds. The Labute approximate surface area is 196 Å². The number of carboxylic acids is 1. The van der Waals surface area contributed by atoms with E-state index in [1.165, 1.54) is 38.6 Å². The van der Waals surface area contributed by atoms with Gasteiger partial charge in [-0.2, -0.15) is 0 Å². The van der Waals surface area contributed by atoms with Crippen LogP contribution in [0.15, 0.2) is 54.6 Å². The number of fused-ring (bicyclic) bond motifs is 1. The van der Waals surface area contributed by atoms with Crippen LogP contribution in [0.25, 0.3) is 22.2 Å². The third-order valence-electron chi connectivity index (χ3n) is 7.34. The number of nitrogens with zero attached hydrogens (tertiary/aromatic N) is 3. The number of para-hydroxylation sites is 1. The molecule has 3 aromatic rings. The fourth-order valence-electron chi connectivity index (χ4n) is 5.57. The molecule has 0 bridgehead atoms. The average Bonchev–Trinajstić information content (AvgIpc) is 2.85. The molecule has 1 N–H and O–H groups in total. The number of carbonyl (C=O) groups is 1. The summed E-state index contributed by atoms with van der Waals surface area (Å²) in [5.74, 6) is -0.0185. The third-order valence-corrected chi connectivity index (χ3v) is 7.34. The molecule has 2 fully saturated rings. The van der Waals surface area contributed by atoms with Crippen LogP contribution in [0, 0.1) is 5.92 Å². The number of aromatic nitrogens is 1. The van der Waals surface area contributed by atoms with Gasteiger partial charge in [0.25, 0.3) is 0 Å². The van der Waals surface area contributed by atoms with Gasteiger partial charge < -0.3 is 10.0 Å². The molecule has 1 aliphatic carbocycles. The summed E-state index contributed by atoms with van der Waals surface area (Å²) < 4.78 is 0. The first kappa shape index (κ1) is 22.1. The van der Waals surface area contributed by atoms with Crippen LogP contribution in [-0.4, -0.2) is 58.6 Å². The molecule has 5 nitrogen and oxygen atoms in total. The molecule has 0 atom stereocenters. The van der Waals surface area contributed by atoms with Crippen molar-refractivity contribution in [1.82, 2.24) is 14.8 Å². The summed E-state index contributed by atoms with van der Waals surface area (Å²) in [4.78, 5) is 22.4. The van der Waals surface area contributed by atoms with Crippen LogP contribution in [0.3, 0.4) is 0 Å². The molecule has 172 valence electrons. The monoisotopic (exact) mass is 443 g/mol. The van der Waals surface area contributed by atoms with Gasteiger partial charge in [-0.15, -0.1) is 0 Å². The van der Waals surface area contributed by atoms with Crippen molar-refractivity contribution in [1.29, 1.82) is 0 Å². The molecule has 1 aliphatic heterocycles. The van der Waals surface area contributed by atoms with Crippen LogP contribution >= 0.6 is 0 Å². The minimum absolute atomic E-state index is 0.393. The quantitative estimate of drug-likeness (QED) is 0.560. The van der Waals surface area contributed by atoms with Crippen molar-refractivity contribution in [3.63, 3.8) is 0 Å². The Morgan fingerprint density at radius 3 is 2.27 bits per heavy atom. The van der Waals surface area contributed by atoms with Gasteiger partial charge >= 0.3 is 5.97 Å². The van der Waals surface area contributed by atoms with E-state index in [1.807, 2.05) is 54.6 Å². The van der Waals surface area contributed by atoms with E-state index in [4.69, 9.17) is 4.98 Å². The van der Waals surface area contributed by atoms with Gasteiger partial charge in [0.15, 0.2) is 0 Å². The highest BCUT2D eigenvalue weighted by molar-refractivity contribution is 6.05. The van der Waals surface area contributed by atoms with Crippen molar-refractivity contribution >= 4 is 16.9 Å². The Morgan fingerprint density at radius 2 is 1.55 bits per heavy atom. The van der Waals surface area contributed by atoms with Crippen LogP contribution < -0.4 is 0 Å². The van der Waals surface area contributed by atoms with E-state index in [9.17, 15) is 9.90 Å². The molecular formula is C28H33N3O2. The Bertz CT molecular complexity index is 1100. The van der Waals surface area contributed by atoms with Crippen molar-refractivity contribution in [2.75, 3.05) is 32.7 Å². The van der Waals surface area contributed by atoms with Crippen LogP contribution in [0.5, 0.6) is 0 Å². The number of piperazine rings is 1. The molecule has 2 aliphatic rings. The highest BCUT2D eigenvalue weighted by atomic mass is 16.4. The van der Waals surface area contributed by atoms with Crippen LogP contribution in [0.2, 0.25) is 0 Å². The highest BCUT2D eigenvalue weighted by Crippen LogP contribution is 2.32. The van der Waals surface area contributed by atoms with E-state index in [1.54, 1.807) is 0 Å². The van der Waals surface area contributed by atoms with Gasteiger partial charge in [-0.3, -0.25) is 4.90 Å². The summed E-state index contributed by atoms with van der Waals surface area (Å²) in [6.07, 6.45) is 6.94. The maximum atomic E-state index is 12.5. The molecule has 1 aromatic heterocycles. The number of pyridine rings is 1. The lowest BCUT2D eigenvalue weighted by molar-refractivity contribution is 0.0694. The van der Waals surface area contributed by atoms with Crippen molar-refractivity contribution in [3.05, 3.63) is 65.7 Å². The van der Waals surface area contributed by atoms with E-state index in [0.29, 0.717) is 12.1 Å². The molecule has 1 saturated carbocycles. The normalized spacial score (nSPS) is 18.5. The van der Waals surface area contributed by atoms with E-state index >= 15 is 0 Å². The summed E-state index contributed by atoms with van der Waals surface area (Å²) in [5.41, 5.74) is 3.71. The summed E-state index contributed by atoms with van der Waals surface area (Å²) in [5, 5.41) is 11.0. The zero-order valence-corrected chi connectivity index (χ0v) is 19.2. The molecule has 2 heterocycles. The van der Waals surface area contributed by atoms with Gasteiger partial charge in [0.1, 0.15) is 0 Å². The minimum Gasteiger partial charge on any atom is -0.478 e. The maximum Gasteiger partial charge on any atom is 0.336 e. The fraction of sp³-hybridized carbons (Fsp3) is 0.429. The second kappa shape index (κ2) is 10.0. The van der Waals surface area contributed by atoms with Crippen molar-refractivity contribution < 1.29 is 9.90 Å². The predicted octanol–water partition coefficient (Wildman–Crippen LogP) is 5.30. The summed E-state index contributed by atoms with van der Waals surface area (Å²) in [7, 11) is 0. The maximum absolute atomic E-state index is 12.5. The molecule has 0 unspecified atom stereocenters. The van der Waals surface area contributed by atoms with Crippen LogP contribution in [0.4, 0.5) is 0 Å². The van der Waals surface area contributed by atoms with Crippen LogP contribution in [-0.2, 0) is 6.54 Å². The number of hydrogen-bond donors (Lipinski definition) is 1. The van der Waals surface area contributed by atoms with Gasteiger partial charge in [0.05, 0.1) is 16.8 Å². The standard InChI is InChI=1S/C28H33N3O2/c32-28(33)26-23-13-7-8-14-25(23)29-27(22-11-5-2-6-12-22)24(26)20-31-17-15-30(16-18-31)19-21-9-3-1-4-10-21/h2,5-8,11-14,21H,1,3-4,9-10,15-20H2,(H,32,33). The predicted molar refractivity (Wildman–Crippen MR) is 132 cm³/mol. The molecule has 33 heavy (non-hydrogen) atoms. The zero-order valence-electron chi connectivity index (χ0n) is 19.2. The van der Waals surface area contributed by atoms with Crippen molar-refractivity contribution in [2.24, 2.45) is 5.92 Å². The molecular weight excluding hydrogens is 410 g/mol. The Morgan fingerprint density at radius 1 is 0.879 bits per heavy atom. The van der Waals surface area contributed by atoms with Crippen molar-refractivity contribution in [3.8, 4) is 11.3 Å². The second-order valence-electron chi connectivity index (χ2n) is 9.58. The second-order valence-corrected chi connectivity index (χ2v) is 9.58. The Balaban J connectivity index is 1.41. The lowest BCUT2D eigenvalue weighted by atomic mass is 9.89. The molecule has 0 spiro atoms. The molecule has 5 rings (SSSR count). The number of benzene rings is 2. The van der Waals surface area contributed by atoms with E-state index in [0.717, 1.165) is 59.8 Å². The number of carboxylic acid groups (broad SMARTS) is 1. The molecule has 1 saturated heterocycles. The Hall–Kier alpha value is -2.76. The first-order valence-corrected chi connectivity index (χ1v) is 12.3. The number of aromatic carboxylic acids is 1. The minimum atomic E-state index is -0.878. The summed E-state index contributed by atoms with van der Waals surface area (Å²) in [6.45, 7) is 5.88. The molecule has 5 heteroatoms. The SMILES string of the molecule is O=C(O)c1c(CN2CCN(CC3CCCCC3)CC2)c(-c2ccccc2)nc2ccccc12.